The summed E-state index contributed by atoms with van der Waals surface area (Å²) in [6.07, 6.45) is 5.78. The maximum absolute atomic E-state index is 13.8. The Balaban J connectivity index is 1.74. The Morgan fingerprint density at radius 2 is 1.97 bits per heavy atom. The topological polar surface area (TPSA) is 75.5 Å². The van der Waals surface area contributed by atoms with Crippen molar-refractivity contribution in [1.29, 1.82) is 0 Å². The number of pyridine rings is 1. The van der Waals surface area contributed by atoms with E-state index in [0.717, 1.165) is 22.5 Å². The second-order valence-electron chi connectivity index (χ2n) is 9.81. The second kappa shape index (κ2) is 11.4. The molecule has 1 aliphatic heterocycles. The quantitative estimate of drug-likeness (QED) is 0.344. The number of ether oxygens (including phenoxy) is 3. The van der Waals surface area contributed by atoms with Gasteiger partial charge in [-0.25, -0.2) is 14.1 Å². The van der Waals surface area contributed by atoms with Crippen molar-refractivity contribution in [2.75, 3.05) is 6.61 Å². The second-order valence-corrected chi connectivity index (χ2v) is 9.81. The molecule has 0 bridgehead atoms. The molecular formula is C29H34FN3O4. The van der Waals surface area contributed by atoms with Crippen molar-refractivity contribution >= 4 is 12.0 Å². The first-order valence-electron chi connectivity index (χ1n) is 12.7. The van der Waals surface area contributed by atoms with E-state index in [-0.39, 0.29) is 36.3 Å². The first-order chi connectivity index (χ1) is 17.7. The van der Waals surface area contributed by atoms with Crippen LogP contribution in [0.2, 0.25) is 0 Å². The van der Waals surface area contributed by atoms with Gasteiger partial charge in [-0.3, -0.25) is 4.79 Å². The summed E-state index contributed by atoms with van der Waals surface area (Å²) in [5, 5.41) is 4.93. The van der Waals surface area contributed by atoms with Crippen molar-refractivity contribution in [3.05, 3.63) is 71.8 Å². The van der Waals surface area contributed by atoms with E-state index in [0.29, 0.717) is 18.8 Å². The lowest BCUT2D eigenvalue weighted by Crippen LogP contribution is -2.44. The van der Waals surface area contributed by atoms with Crippen LogP contribution in [0.15, 0.2) is 54.7 Å². The zero-order valence-electron chi connectivity index (χ0n) is 22.0. The molecule has 0 radical (unpaired) electrons. The van der Waals surface area contributed by atoms with Crippen LogP contribution in [0.4, 0.5) is 4.39 Å². The fourth-order valence-corrected chi connectivity index (χ4v) is 4.57. The Hall–Kier alpha value is -3.36. The third-order valence-electron chi connectivity index (χ3n) is 6.04. The minimum Gasteiger partial charge on any atom is -0.466 e. The third-order valence-corrected chi connectivity index (χ3v) is 6.04. The Bertz CT molecular complexity index is 1240. The van der Waals surface area contributed by atoms with Gasteiger partial charge >= 0.3 is 5.97 Å². The smallest absolute Gasteiger partial charge is 0.308 e. The predicted octanol–water partition coefficient (Wildman–Crippen LogP) is 6.07. The van der Waals surface area contributed by atoms with Gasteiger partial charge in [-0.05, 0) is 63.1 Å². The average Bonchev–Trinajstić information content (AvgIpc) is 3.23. The summed E-state index contributed by atoms with van der Waals surface area (Å²) in [4.78, 5) is 16.6. The molecule has 2 aromatic heterocycles. The van der Waals surface area contributed by atoms with Crippen molar-refractivity contribution in [3.8, 4) is 17.1 Å². The van der Waals surface area contributed by atoms with Gasteiger partial charge in [0, 0.05) is 23.7 Å². The molecule has 0 saturated carbocycles. The fourth-order valence-electron chi connectivity index (χ4n) is 4.57. The first kappa shape index (κ1) is 26.7. The molecule has 3 aromatic rings. The van der Waals surface area contributed by atoms with Gasteiger partial charge in [0.2, 0.25) is 0 Å². The molecule has 196 valence electrons. The molecule has 1 aliphatic rings. The minimum atomic E-state index is -0.858. The molecule has 0 unspecified atom stereocenters. The summed E-state index contributed by atoms with van der Waals surface area (Å²) in [5.74, 6) is -0.665. The molecule has 0 amide bonds. The monoisotopic (exact) mass is 507 g/mol. The van der Waals surface area contributed by atoms with Crippen molar-refractivity contribution in [1.82, 2.24) is 14.8 Å². The molecule has 7 nitrogen and oxygen atoms in total. The lowest BCUT2D eigenvalue weighted by atomic mass is 9.98. The minimum absolute atomic E-state index is 0.118. The van der Waals surface area contributed by atoms with E-state index in [4.69, 9.17) is 19.3 Å². The van der Waals surface area contributed by atoms with Crippen LogP contribution < -0.4 is 0 Å². The molecule has 8 heteroatoms. The van der Waals surface area contributed by atoms with E-state index < -0.39 is 5.79 Å². The lowest BCUT2D eigenvalue weighted by molar-refractivity contribution is -0.290. The maximum atomic E-state index is 13.8. The fraction of sp³-hybridized carbons (Fsp3) is 0.414. The van der Waals surface area contributed by atoms with Gasteiger partial charge in [-0.1, -0.05) is 32.1 Å². The molecule has 1 fully saturated rings. The zero-order chi connectivity index (χ0) is 26.6. The zero-order valence-corrected chi connectivity index (χ0v) is 22.0. The Labute approximate surface area is 217 Å². The number of benzene rings is 1. The molecule has 0 aliphatic carbocycles. The molecule has 37 heavy (non-hydrogen) atoms. The van der Waals surface area contributed by atoms with Crippen LogP contribution in [-0.2, 0) is 19.0 Å². The van der Waals surface area contributed by atoms with Crippen LogP contribution in [0.5, 0.6) is 0 Å². The van der Waals surface area contributed by atoms with Crippen molar-refractivity contribution < 1.29 is 23.4 Å². The highest BCUT2D eigenvalue weighted by Gasteiger charge is 2.36. The number of aromatic nitrogens is 3. The normalized spacial score (nSPS) is 19.4. The van der Waals surface area contributed by atoms with Gasteiger partial charge in [-0.2, -0.15) is 5.10 Å². The number of rotatable bonds is 8. The summed E-state index contributed by atoms with van der Waals surface area (Å²) in [6, 6.07) is 12.0. The number of esters is 1. The van der Waals surface area contributed by atoms with Gasteiger partial charge in [0.25, 0.3) is 0 Å². The van der Waals surface area contributed by atoms with Crippen molar-refractivity contribution in [3.63, 3.8) is 0 Å². The van der Waals surface area contributed by atoms with E-state index in [9.17, 15) is 9.18 Å². The highest BCUT2D eigenvalue weighted by atomic mass is 19.1. The van der Waals surface area contributed by atoms with Crippen molar-refractivity contribution in [2.24, 2.45) is 0 Å². The van der Waals surface area contributed by atoms with Crippen LogP contribution in [0, 0.1) is 5.82 Å². The molecule has 1 aromatic carbocycles. The average molecular weight is 508 g/mol. The Morgan fingerprint density at radius 3 is 2.62 bits per heavy atom. The maximum Gasteiger partial charge on any atom is 0.308 e. The first-order valence-corrected chi connectivity index (χ1v) is 12.7. The van der Waals surface area contributed by atoms with Gasteiger partial charge in [0.1, 0.15) is 5.82 Å². The number of hydrogen-bond donors (Lipinski definition) is 0. The molecule has 0 spiro atoms. The van der Waals surface area contributed by atoms with Gasteiger partial charge < -0.3 is 14.2 Å². The summed E-state index contributed by atoms with van der Waals surface area (Å²) < 4.78 is 32.9. The lowest BCUT2D eigenvalue weighted by Gasteiger charge is -2.39. The SMILES string of the molecule is CCOC(=O)C[C@H]1C[C@@H](C=Cc2c(C(C)C)nn(-c3ccccn3)c2-c2ccc(F)cc2)OC(C)(C)O1. The van der Waals surface area contributed by atoms with E-state index in [1.807, 2.05) is 44.2 Å². The van der Waals surface area contributed by atoms with Crippen LogP contribution >= 0.6 is 0 Å². The van der Waals surface area contributed by atoms with Gasteiger partial charge in [0.15, 0.2) is 11.6 Å². The summed E-state index contributed by atoms with van der Waals surface area (Å²) in [5.41, 5.74) is 3.42. The molecular weight excluding hydrogens is 473 g/mol. The summed E-state index contributed by atoms with van der Waals surface area (Å²) in [7, 11) is 0. The standard InChI is InChI=1S/C29H34FN3O4/c1-6-35-26(34)18-23-17-22(36-29(4,5)37-23)14-15-24-27(19(2)3)32-33(25-9-7-8-16-31-25)28(24)20-10-12-21(30)13-11-20/h7-16,19,22-23H,6,17-18H2,1-5H3/t22-,23-/m1/s1. The number of halogens is 1. The molecule has 4 rings (SSSR count). The van der Waals surface area contributed by atoms with Crippen LogP contribution in [0.3, 0.4) is 0 Å². The van der Waals surface area contributed by atoms with E-state index in [2.05, 4.69) is 18.8 Å². The van der Waals surface area contributed by atoms with E-state index in [1.165, 1.54) is 12.1 Å². The highest BCUT2D eigenvalue weighted by Crippen LogP contribution is 2.35. The van der Waals surface area contributed by atoms with Gasteiger partial charge in [0.05, 0.1) is 36.6 Å². The van der Waals surface area contributed by atoms with E-state index in [1.54, 1.807) is 29.9 Å². The number of hydrogen-bond acceptors (Lipinski definition) is 6. The molecule has 3 heterocycles. The third kappa shape index (κ3) is 6.50. The largest absolute Gasteiger partial charge is 0.466 e. The highest BCUT2D eigenvalue weighted by molar-refractivity contribution is 5.76. The number of carbonyl (C=O) groups is 1. The van der Waals surface area contributed by atoms with Crippen molar-refractivity contribution in [2.45, 2.75) is 71.4 Å². The number of carbonyl (C=O) groups excluding carboxylic acids is 1. The predicted molar refractivity (Wildman–Crippen MR) is 140 cm³/mol. The van der Waals surface area contributed by atoms with Crippen LogP contribution in [0.25, 0.3) is 23.2 Å². The Kier molecular flexibility index (Phi) is 8.19. The summed E-state index contributed by atoms with van der Waals surface area (Å²) in [6.45, 7) is 9.97. The molecule has 2 atom stereocenters. The Morgan fingerprint density at radius 1 is 1.22 bits per heavy atom. The van der Waals surface area contributed by atoms with Crippen LogP contribution in [0.1, 0.15) is 64.6 Å². The van der Waals surface area contributed by atoms with Crippen LogP contribution in [-0.4, -0.2) is 45.3 Å². The summed E-state index contributed by atoms with van der Waals surface area (Å²) >= 11 is 0. The van der Waals surface area contributed by atoms with Gasteiger partial charge in [-0.15, -0.1) is 0 Å². The molecule has 0 N–H and O–H groups in total. The number of nitrogens with zero attached hydrogens (tertiary/aromatic N) is 3. The van der Waals surface area contributed by atoms with E-state index >= 15 is 0 Å². The molecule has 1 saturated heterocycles.